The first-order valence-electron chi connectivity index (χ1n) is 7.26. The average Bonchev–Trinajstić information content (AvgIpc) is 2.96. The van der Waals surface area contributed by atoms with Crippen LogP contribution in [0, 0.1) is 0 Å². The molecule has 0 fully saturated rings. The van der Waals surface area contributed by atoms with Gasteiger partial charge in [0.15, 0.2) is 0 Å². The van der Waals surface area contributed by atoms with Crippen molar-refractivity contribution < 1.29 is 0 Å². The van der Waals surface area contributed by atoms with E-state index in [1.54, 1.807) is 11.5 Å². The summed E-state index contributed by atoms with van der Waals surface area (Å²) in [6, 6.07) is 15.6. The maximum absolute atomic E-state index is 4.24. The van der Waals surface area contributed by atoms with Gasteiger partial charge in [-0.15, -0.1) is 0 Å². The predicted molar refractivity (Wildman–Crippen MR) is 88.4 cm³/mol. The molecular formula is C18H19NS. The van der Waals surface area contributed by atoms with Gasteiger partial charge in [0.2, 0.25) is 0 Å². The monoisotopic (exact) mass is 281 g/mol. The molecule has 0 aliphatic rings. The third kappa shape index (κ3) is 2.48. The van der Waals surface area contributed by atoms with Gasteiger partial charge in [-0.05, 0) is 53.0 Å². The van der Waals surface area contributed by atoms with E-state index in [9.17, 15) is 0 Å². The molecule has 3 aromatic rings. The van der Waals surface area contributed by atoms with E-state index in [4.69, 9.17) is 0 Å². The molecule has 0 saturated carbocycles. The van der Waals surface area contributed by atoms with Crippen molar-refractivity contribution >= 4 is 21.6 Å². The molecule has 0 amide bonds. The molecule has 0 unspecified atom stereocenters. The molecule has 102 valence electrons. The Morgan fingerprint density at radius 2 is 1.65 bits per heavy atom. The minimum Gasteiger partial charge on any atom is -0.200 e. The number of hydrogen-bond acceptors (Lipinski definition) is 2. The summed E-state index contributed by atoms with van der Waals surface area (Å²) in [4.78, 5) is 0. The van der Waals surface area contributed by atoms with E-state index in [1.807, 2.05) is 6.20 Å². The van der Waals surface area contributed by atoms with Crippen molar-refractivity contribution in [2.24, 2.45) is 0 Å². The molecule has 0 aliphatic carbocycles. The Balaban J connectivity index is 1.93. The molecule has 0 bridgehead atoms. The second kappa shape index (κ2) is 5.76. The van der Waals surface area contributed by atoms with Crippen LogP contribution < -0.4 is 0 Å². The van der Waals surface area contributed by atoms with Crippen LogP contribution in [0.15, 0.2) is 48.7 Å². The molecule has 0 radical (unpaired) electrons. The highest BCUT2D eigenvalue weighted by atomic mass is 32.1. The van der Waals surface area contributed by atoms with Gasteiger partial charge >= 0.3 is 0 Å². The Bertz CT molecular complexity index is 693. The van der Waals surface area contributed by atoms with Crippen LogP contribution in [0.2, 0.25) is 0 Å². The first-order chi connectivity index (χ1) is 9.81. The molecule has 0 N–H and O–H groups in total. The molecule has 1 heterocycles. The lowest BCUT2D eigenvalue weighted by atomic mass is 9.92. The zero-order valence-corrected chi connectivity index (χ0v) is 12.8. The third-order valence-electron chi connectivity index (χ3n) is 4.06. The SMILES string of the molecule is CCC(CC)c1ccc(-c2ccc3cnsc3c2)cc1. The summed E-state index contributed by atoms with van der Waals surface area (Å²) in [6.45, 7) is 4.53. The van der Waals surface area contributed by atoms with E-state index in [0.717, 1.165) is 0 Å². The van der Waals surface area contributed by atoms with Crippen LogP contribution in [-0.2, 0) is 0 Å². The lowest BCUT2D eigenvalue weighted by Crippen LogP contribution is -1.94. The van der Waals surface area contributed by atoms with Gasteiger partial charge < -0.3 is 0 Å². The number of benzene rings is 2. The van der Waals surface area contributed by atoms with Gasteiger partial charge in [0.05, 0.1) is 4.70 Å². The van der Waals surface area contributed by atoms with E-state index < -0.39 is 0 Å². The van der Waals surface area contributed by atoms with Crippen molar-refractivity contribution in [3.63, 3.8) is 0 Å². The van der Waals surface area contributed by atoms with Crippen LogP contribution in [0.3, 0.4) is 0 Å². The van der Waals surface area contributed by atoms with Gasteiger partial charge in [-0.25, -0.2) is 0 Å². The van der Waals surface area contributed by atoms with Crippen molar-refractivity contribution in [1.82, 2.24) is 4.37 Å². The second-order valence-corrected chi connectivity index (χ2v) is 6.05. The van der Waals surface area contributed by atoms with Gasteiger partial charge in [0.25, 0.3) is 0 Å². The molecule has 2 aromatic carbocycles. The van der Waals surface area contributed by atoms with Crippen LogP contribution >= 0.6 is 11.5 Å². The fourth-order valence-electron chi connectivity index (χ4n) is 2.75. The maximum atomic E-state index is 4.24. The Labute approximate surface area is 124 Å². The van der Waals surface area contributed by atoms with Crippen molar-refractivity contribution in [2.75, 3.05) is 0 Å². The molecule has 2 heteroatoms. The third-order valence-corrected chi connectivity index (χ3v) is 4.82. The largest absolute Gasteiger partial charge is 0.200 e. The predicted octanol–water partition coefficient (Wildman–Crippen LogP) is 5.87. The molecule has 0 saturated heterocycles. The number of rotatable bonds is 4. The highest BCUT2D eigenvalue weighted by Crippen LogP contribution is 2.29. The molecule has 20 heavy (non-hydrogen) atoms. The summed E-state index contributed by atoms with van der Waals surface area (Å²) in [5.41, 5.74) is 4.02. The molecular weight excluding hydrogens is 262 g/mol. The van der Waals surface area contributed by atoms with Crippen LogP contribution in [0.5, 0.6) is 0 Å². The van der Waals surface area contributed by atoms with Crippen molar-refractivity contribution in [2.45, 2.75) is 32.6 Å². The van der Waals surface area contributed by atoms with Gasteiger partial charge in [-0.3, -0.25) is 0 Å². The zero-order valence-electron chi connectivity index (χ0n) is 12.0. The molecule has 1 aromatic heterocycles. The Morgan fingerprint density at radius 1 is 0.950 bits per heavy atom. The minimum atomic E-state index is 0.688. The Morgan fingerprint density at radius 3 is 2.35 bits per heavy atom. The quantitative estimate of drug-likeness (QED) is 0.583. The molecule has 0 spiro atoms. The zero-order chi connectivity index (χ0) is 13.9. The van der Waals surface area contributed by atoms with E-state index in [0.29, 0.717) is 5.92 Å². The first-order valence-corrected chi connectivity index (χ1v) is 8.04. The summed E-state index contributed by atoms with van der Waals surface area (Å²) in [5, 5.41) is 1.23. The first kappa shape index (κ1) is 13.3. The van der Waals surface area contributed by atoms with Crippen molar-refractivity contribution in [1.29, 1.82) is 0 Å². The van der Waals surface area contributed by atoms with Gasteiger partial charge in [0.1, 0.15) is 0 Å². The normalized spacial score (nSPS) is 11.3. The minimum absolute atomic E-state index is 0.688. The van der Waals surface area contributed by atoms with Crippen molar-refractivity contribution in [3.8, 4) is 11.1 Å². The summed E-state index contributed by atoms with van der Waals surface area (Å²) in [6.07, 6.45) is 4.35. The van der Waals surface area contributed by atoms with Crippen LogP contribution in [-0.4, -0.2) is 4.37 Å². The van der Waals surface area contributed by atoms with E-state index in [-0.39, 0.29) is 0 Å². The van der Waals surface area contributed by atoms with Gasteiger partial charge in [0, 0.05) is 11.6 Å². The lowest BCUT2D eigenvalue weighted by Gasteiger charge is -2.13. The summed E-state index contributed by atoms with van der Waals surface area (Å²) >= 11 is 1.56. The number of fused-ring (bicyclic) bond motifs is 1. The van der Waals surface area contributed by atoms with Crippen molar-refractivity contribution in [3.05, 3.63) is 54.2 Å². The van der Waals surface area contributed by atoms with Gasteiger partial charge in [-0.2, -0.15) is 4.37 Å². The number of aromatic nitrogens is 1. The molecule has 3 rings (SSSR count). The highest BCUT2D eigenvalue weighted by Gasteiger charge is 2.07. The average molecular weight is 281 g/mol. The topological polar surface area (TPSA) is 12.9 Å². The summed E-state index contributed by atoms with van der Waals surface area (Å²) in [7, 11) is 0. The fourth-order valence-corrected chi connectivity index (χ4v) is 3.43. The summed E-state index contributed by atoms with van der Waals surface area (Å²) < 4.78 is 5.49. The van der Waals surface area contributed by atoms with Gasteiger partial charge in [-0.1, -0.05) is 50.2 Å². The smallest absolute Gasteiger partial charge is 0.0556 e. The van der Waals surface area contributed by atoms with Crippen LogP contribution in [0.25, 0.3) is 21.2 Å². The Kier molecular flexibility index (Phi) is 3.83. The van der Waals surface area contributed by atoms with E-state index >= 15 is 0 Å². The van der Waals surface area contributed by atoms with E-state index in [1.165, 1.54) is 39.6 Å². The molecule has 0 atom stereocenters. The van der Waals surface area contributed by atoms with Crippen LogP contribution in [0.1, 0.15) is 38.2 Å². The number of hydrogen-bond donors (Lipinski definition) is 0. The molecule has 1 nitrogen and oxygen atoms in total. The number of nitrogens with zero attached hydrogens (tertiary/aromatic N) is 1. The lowest BCUT2D eigenvalue weighted by molar-refractivity contribution is 0.642. The second-order valence-electron chi connectivity index (χ2n) is 5.21. The maximum Gasteiger partial charge on any atom is 0.0556 e. The standard InChI is InChI=1S/C18H19NS/c1-3-13(4-2)14-5-7-15(8-6-14)16-9-10-17-12-19-20-18(17)11-16/h5-13H,3-4H2,1-2H3. The molecule has 0 aliphatic heterocycles. The highest BCUT2D eigenvalue weighted by molar-refractivity contribution is 7.13. The van der Waals surface area contributed by atoms with E-state index in [2.05, 4.69) is 60.7 Å². The van der Waals surface area contributed by atoms with Crippen LogP contribution in [0.4, 0.5) is 0 Å². The Hall–Kier alpha value is -1.67. The summed E-state index contributed by atoms with van der Waals surface area (Å²) in [5.74, 6) is 0.688. The fraction of sp³-hybridized carbons (Fsp3) is 0.278.